The zero-order valence-corrected chi connectivity index (χ0v) is 11.8. The molecule has 1 amide bonds. The predicted molar refractivity (Wildman–Crippen MR) is 77.0 cm³/mol. The molecule has 1 fully saturated rings. The molecular formula is C15H22N2O3. The van der Waals surface area contributed by atoms with E-state index in [1.165, 1.54) is 6.07 Å². The number of benzene rings is 1. The fourth-order valence-corrected chi connectivity index (χ4v) is 2.70. The van der Waals surface area contributed by atoms with E-state index in [9.17, 15) is 9.90 Å². The maximum Gasteiger partial charge on any atom is 0.257 e. The van der Waals surface area contributed by atoms with Crippen LogP contribution in [0.15, 0.2) is 18.2 Å². The van der Waals surface area contributed by atoms with E-state index in [0.717, 1.165) is 25.8 Å². The van der Waals surface area contributed by atoms with Crippen LogP contribution in [0.1, 0.15) is 29.6 Å². The first-order valence-corrected chi connectivity index (χ1v) is 7.02. The molecule has 0 spiro atoms. The lowest BCUT2D eigenvalue weighted by Gasteiger charge is -2.32. The number of phenolic OH excluding ortho intramolecular Hbond substituents is 1. The molecule has 5 nitrogen and oxygen atoms in total. The Morgan fingerprint density at radius 3 is 3.05 bits per heavy atom. The van der Waals surface area contributed by atoms with E-state index in [1.54, 1.807) is 24.1 Å². The number of likely N-dealkylation sites (tertiary alicyclic amines) is 1. The van der Waals surface area contributed by atoms with Crippen molar-refractivity contribution >= 4 is 5.91 Å². The summed E-state index contributed by atoms with van der Waals surface area (Å²) in [5.74, 6) is 0.895. The van der Waals surface area contributed by atoms with Crippen LogP contribution in [0.2, 0.25) is 0 Å². The van der Waals surface area contributed by atoms with Crippen LogP contribution in [0.3, 0.4) is 0 Å². The number of hydrogen-bond donors (Lipinski definition) is 2. The minimum Gasteiger partial charge on any atom is -0.507 e. The van der Waals surface area contributed by atoms with Crippen molar-refractivity contribution in [3.63, 3.8) is 0 Å². The lowest BCUT2D eigenvalue weighted by molar-refractivity contribution is 0.0666. The van der Waals surface area contributed by atoms with E-state index in [2.05, 4.69) is 0 Å². The van der Waals surface area contributed by atoms with Crippen molar-refractivity contribution in [2.24, 2.45) is 11.7 Å². The summed E-state index contributed by atoms with van der Waals surface area (Å²) in [6.07, 6.45) is 3.04. The molecule has 1 aliphatic rings. The number of carbonyl (C=O) groups is 1. The van der Waals surface area contributed by atoms with Crippen LogP contribution in [0.5, 0.6) is 11.5 Å². The first-order valence-electron chi connectivity index (χ1n) is 7.02. The number of nitrogens with zero attached hydrogens (tertiary/aromatic N) is 1. The molecule has 1 heterocycles. The van der Waals surface area contributed by atoms with Gasteiger partial charge in [0.15, 0.2) is 0 Å². The highest BCUT2D eigenvalue weighted by atomic mass is 16.5. The maximum atomic E-state index is 12.5. The molecule has 1 aromatic carbocycles. The minimum atomic E-state index is -0.136. The van der Waals surface area contributed by atoms with Crippen molar-refractivity contribution in [2.75, 3.05) is 26.7 Å². The third kappa shape index (κ3) is 3.22. The van der Waals surface area contributed by atoms with Crippen LogP contribution in [0.25, 0.3) is 0 Å². The van der Waals surface area contributed by atoms with Gasteiger partial charge in [0.05, 0.1) is 12.7 Å². The van der Waals surface area contributed by atoms with E-state index in [4.69, 9.17) is 10.5 Å². The van der Waals surface area contributed by atoms with Gasteiger partial charge in [-0.3, -0.25) is 4.79 Å². The second kappa shape index (κ2) is 6.61. The summed E-state index contributed by atoms with van der Waals surface area (Å²) >= 11 is 0. The van der Waals surface area contributed by atoms with Crippen LogP contribution in [-0.2, 0) is 0 Å². The van der Waals surface area contributed by atoms with Gasteiger partial charge in [-0.1, -0.05) is 0 Å². The maximum absolute atomic E-state index is 12.5. The molecule has 0 bridgehead atoms. The standard InChI is InChI=1S/C15H22N2O3/c1-20-12-4-5-14(18)13(9-12)15(19)17-8-2-3-11(10-17)6-7-16/h4-5,9,11,18H,2-3,6-8,10,16H2,1H3. The fraction of sp³-hybridized carbons (Fsp3) is 0.533. The first kappa shape index (κ1) is 14.7. The number of amides is 1. The SMILES string of the molecule is COc1ccc(O)c(C(=O)N2CCCC(CCN)C2)c1. The lowest BCUT2D eigenvalue weighted by Crippen LogP contribution is -2.40. The number of ether oxygens (including phenoxy) is 1. The van der Waals surface area contributed by atoms with Crippen molar-refractivity contribution in [2.45, 2.75) is 19.3 Å². The van der Waals surface area contributed by atoms with E-state index >= 15 is 0 Å². The summed E-state index contributed by atoms with van der Waals surface area (Å²) in [5.41, 5.74) is 5.90. The average molecular weight is 278 g/mol. The van der Waals surface area contributed by atoms with Gasteiger partial charge >= 0.3 is 0 Å². The second-order valence-electron chi connectivity index (χ2n) is 5.22. The number of methoxy groups -OCH3 is 1. The highest BCUT2D eigenvalue weighted by Gasteiger charge is 2.25. The number of hydrogen-bond acceptors (Lipinski definition) is 4. The number of carbonyl (C=O) groups excluding carboxylic acids is 1. The Morgan fingerprint density at radius 2 is 2.35 bits per heavy atom. The molecule has 0 aromatic heterocycles. The predicted octanol–water partition coefficient (Wildman–Crippen LogP) is 1.60. The van der Waals surface area contributed by atoms with Crippen LogP contribution in [-0.4, -0.2) is 42.7 Å². The second-order valence-corrected chi connectivity index (χ2v) is 5.22. The van der Waals surface area contributed by atoms with Gasteiger partial charge in [-0.05, 0) is 49.9 Å². The quantitative estimate of drug-likeness (QED) is 0.877. The molecule has 1 aliphatic heterocycles. The number of piperidine rings is 1. The van der Waals surface area contributed by atoms with Crippen LogP contribution < -0.4 is 10.5 Å². The Labute approximate surface area is 119 Å². The Balaban J connectivity index is 2.14. The van der Waals surface area contributed by atoms with Gasteiger partial charge in [-0.15, -0.1) is 0 Å². The molecular weight excluding hydrogens is 256 g/mol. The minimum absolute atomic E-state index is 0.00301. The Hall–Kier alpha value is -1.75. The molecule has 1 atom stereocenters. The van der Waals surface area contributed by atoms with Gasteiger partial charge in [0.1, 0.15) is 11.5 Å². The lowest BCUT2D eigenvalue weighted by atomic mass is 9.94. The Kier molecular flexibility index (Phi) is 4.84. The van der Waals surface area contributed by atoms with Crippen LogP contribution >= 0.6 is 0 Å². The molecule has 0 radical (unpaired) electrons. The normalized spacial score (nSPS) is 18.9. The van der Waals surface area contributed by atoms with E-state index < -0.39 is 0 Å². The van der Waals surface area contributed by atoms with Crippen molar-refractivity contribution < 1.29 is 14.6 Å². The highest BCUT2D eigenvalue weighted by Crippen LogP contribution is 2.27. The van der Waals surface area contributed by atoms with Gasteiger partial charge in [0.25, 0.3) is 5.91 Å². The highest BCUT2D eigenvalue weighted by molar-refractivity contribution is 5.97. The summed E-state index contributed by atoms with van der Waals surface area (Å²) in [5, 5.41) is 9.88. The van der Waals surface area contributed by atoms with Gasteiger partial charge in [-0.2, -0.15) is 0 Å². The van der Waals surface area contributed by atoms with E-state index in [1.807, 2.05) is 0 Å². The smallest absolute Gasteiger partial charge is 0.257 e. The van der Waals surface area contributed by atoms with Crippen LogP contribution in [0.4, 0.5) is 0 Å². The molecule has 5 heteroatoms. The summed E-state index contributed by atoms with van der Waals surface area (Å²) < 4.78 is 5.11. The summed E-state index contributed by atoms with van der Waals surface area (Å²) in [6.45, 7) is 2.10. The number of rotatable bonds is 4. The molecule has 20 heavy (non-hydrogen) atoms. The Morgan fingerprint density at radius 1 is 1.55 bits per heavy atom. The summed E-state index contributed by atoms with van der Waals surface area (Å²) in [6, 6.07) is 4.72. The summed E-state index contributed by atoms with van der Waals surface area (Å²) in [7, 11) is 1.54. The molecule has 110 valence electrons. The molecule has 1 unspecified atom stereocenters. The van der Waals surface area contributed by atoms with Gasteiger partial charge in [0, 0.05) is 13.1 Å². The van der Waals surface area contributed by atoms with Gasteiger partial charge in [-0.25, -0.2) is 0 Å². The van der Waals surface area contributed by atoms with Crippen molar-refractivity contribution in [3.8, 4) is 11.5 Å². The molecule has 1 aromatic rings. The number of aromatic hydroxyl groups is 1. The zero-order chi connectivity index (χ0) is 14.5. The van der Waals surface area contributed by atoms with E-state index in [0.29, 0.717) is 30.3 Å². The average Bonchev–Trinajstić information content (AvgIpc) is 2.48. The third-order valence-electron chi connectivity index (χ3n) is 3.82. The van der Waals surface area contributed by atoms with Crippen molar-refractivity contribution in [3.05, 3.63) is 23.8 Å². The third-order valence-corrected chi connectivity index (χ3v) is 3.82. The summed E-state index contributed by atoms with van der Waals surface area (Å²) in [4.78, 5) is 14.3. The first-order chi connectivity index (χ1) is 9.65. The Bertz CT molecular complexity index is 474. The fourth-order valence-electron chi connectivity index (χ4n) is 2.70. The number of phenols is 1. The number of nitrogens with two attached hydrogens (primary N) is 1. The molecule has 3 N–H and O–H groups in total. The molecule has 1 saturated heterocycles. The van der Waals surface area contributed by atoms with Crippen molar-refractivity contribution in [1.82, 2.24) is 4.90 Å². The van der Waals surface area contributed by atoms with Crippen LogP contribution in [0, 0.1) is 5.92 Å². The largest absolute Gasteiger partial charge is 0.507 e. The molecule has 0 saturated carbocycles. The topological polar surface area (TPSA) is 75.8 Å². The van der Waals surface area contributed by atoms with Gasteiger partial charge in [0.2, 0.25) is 0 Å². The molecule has 2 rings (SSSR count). The monoisotopic (exact) mass is 278 g/mol. The van der Waals surface area contributed by atoms with Gasteiger partial charge < -0.3 is 20.5 Å². The molecule has 0 aliphatic carbocycles. The van der Waals surface area contributed by atoms with E-state index in [-0.39, 0.29) is 11.7 Å². The zero-order valence-electron chi connectivity index (χ0n) is 11.8. The van der Waals surface area contributed by atoms with Crippen molar-refractivity contribution in [1.29, 1.82) is 0 Å².